The summed E-state index contributed by atoms with van der Waals surface area (Å²) in [5.41, 5.74) is 3.42. The number of fused-ring (bicyclic) bond motifs is 1. The third-order valence-electron chi connectivity index (χ3n) is 6.61. The van der Waals surface area contributed by atoms with Crippen LogP contribution in [-0.4, -0.2) is 45.0 Å². The molecule has 0 amide bonds. The van der Waals surface area contributed by atoms with Crippen molar-refractivity contribution in [2.75, 3.05) is 17.6 Å². The van der Waals surface area contributed by atoms with E-state index >= 15 is 0 Å². The predicted molar refractivity (Wildman–Crippen MR) is 167 cm³/mol. The maximum absolute atomic E-state index is 13.5. The van der Waals surface area contributed by atoms with Gasteiger partial charge >= 0.3 is 0 Å². The van der Waals surface area contributed by atoms with Crippen LogP contribution in [0.3, 0.4) is 0 Å². The molecule has 218 valence electrons. The summed E-state index contributed by atoms with van der Waals surface area (Å²) in [7, 11) is -3.37. The van der Waals surface area contributed by atoms with Gasteiger partial charge < -0.3 is 10.1 Å². The van der Waals surface area contributed by atoms with Crippen molar-refractivity contribution in [1.82, 2.24) is 24.2 Å². The first kappa shape index (κ1) is 30.0. The van der Waals surface area contributed by atoms with E-state index in [9.17, 15) is 12.8 Å². The Morgan fingerprint density at radius 3 is 2.67 bits per heavy atom. The van der Waals surface area contributed by atoms with Crippen LogP contribution >= 0.6 is 27.3 Å². The van der Waals surface area contributed by atoms with E-state index in [0.29, 0.717) is 40.0 Å². The summed E-state index contributed by atoms with van der Waals surface area (Å²) < 4.78 is 46.6. The van der Waals surface area contributed by atoms with Gasteiger partial charge in [-0.15, -0.1) is 11.3 Å². The van der Waals surface area contributed by atoms with Crippen molar-refractivity contribution in [2.24, 2.45) is 0 Å². The van der Waals surface area contributed by atoms with Gasteiger partial charge in [0.25, 0.3) is 0 Å². The number of pyridine rings is 1. The molecule has 0 fully saturated rings. The molecular weight excluding hydrogens is 643 g/mol. The quantitative estimate of drug-likeness (QED) is 0.158. The number of hydrogen-bond acceptors (Lipinski definition) is 9. The van der Waals surface area contributed by atoms with E-state index in [2.05, 4.69) is 36.2 Å². The standard InChI is InChI=1S/C29H28BrFN6O3S2/c1-4-37(42(38,39)5-2)18(3)29-36-26(16-41-29)24-13-22-25(14-32-24)33-17-34-28(22)35-21-9-10-27(23(30)12-21)40-15-19-7-6-8-20(31)11-19/h6-14,16-18H,4-5,15H2,1-3H3,(H,33,34,35). The van der Waals surface area contributed by atoms with Crippen molar-refractivity contribution in [3.8, 4) is 17.1 Å². The van der Waals surface area contributed by atoms with Crippen LogP contribution in [-0.2, 0) is 16.6 Å². The summed E-state index contributed by atoms with van der Waals surface area (Å²) in [6, 6.07) is 13.3. The highest BCUT2D eigenvalue weighted by atomic mass is 79.9. The van der Waals surface area contributed by atoms with E-state index in [1.165, 1.54) is 34.1 Å². The summed E-state index contributed by atoms with van der Waals surface area (Å²) in [4.78, 5) is 18.1. The maximum atomic E-state index is 13.5. The Labute approximate surface area is 256 Å². The average molecular weight is 672 g/mol. The normalized spacial score (nSPS) is 12.5. The highest BCUT2D eigenvalue weighted by molar-refractivity contribution is 9.10. The molecule has 1 N–H and O–H groups in total. The van der Waals surface area contributed by atoms with Gasteiger partial charge in [-0.1, -0.05) is 19.1 Å². The van der Waals surface area contributed by atoms with Crippen LogP contribution in [0.25, 0.3) is 22.3 Å². The smallest absolute Gasteiger partial charge is 0.214 e. The third kappa shape index (κ3) is 6.59. The lowest BCUT2D eigenvalue weighted by atomic mass is 10.2. The highest BCUT2D eigenvalue weighted by Crippen LogP contribution is 2.33. The van der Waals surface area contributed by atoms with Gasteiger partial charge in [-0.3, -0.25) is 4.98 Å². The molecule has 0 radical (unpaired) electrons. The van der Waals surface area contributed by atoms with Crippen molar-refractivity contribution < 1.29 is 17.5 Å². The molecule has 9 nitrogen and oxygen atoms in total. The minimum atomic E-state index is -3.37. The number of rotatable bonds is 11. The third-order valence-corrected chi connectivity index (χ3v) is 10.3. The first-order chi connectivity index (χ1) is 20.2. The summed E-state index contributed by atoms with van der Waals surface area (Å²) in [6.07, 6.45) is 3.13. The van der Waals surface area contributed by atoms with Crippen molar-refractivity contribution in [2.45, 2.75) is 33.4 Å². The SMILES string of the molecule is CCN(C(C)c1nc(-c2cc3c(Nc4ccc(OCc5cccc(F)c5)c(Br)c4)ncnc3cn2)cs1)S(=O)(=O)CC. The number of benzene rings is 2. The molecule has 0 aliphatic heterocycles. The predicted octanol–water partition coefficient (Wildman–Crippen LogP) is 7.11. The highest BCUT2D eigenvalue weighted by Gasteiger charge is 2.27. The second-order valence-corrected chi connectivity index (χ2v) is 13.3. The lowest BCUT2D eigenvalue weighted by Crippen LogP contribution is -2.34. The van der Waals surface area contributed by atoms with Crippen LogP contribution in [0, 0.1) is 5.82 Å². The van der Waals surface area contributed by atoms with E-state index in [0.717, 1.165) is 21.1 Å². The van der Waals surface area contributed by atoms with E-state index in [4.69, 9.17) is 9.72 Å². The van der Waals surface area contributed by atoms with E-state index in [1.54, 1.807) is 25.3 Å². The van der Waals surface area contributed by atoms with Crippen LogP contribution in [0.4, 0.5) is 15.9 Å². The Bertz CT molecular complexity index is 1840. The number of nitrogens with zero attached hydrogens (tertiary/aromatic N) is 5. The topological polar surface area (TPSA) is 110 Å². The Morgan fingerprint density at radius 2 is 1.93 bits per heavy atom. The number of sulfonamides is 1. The number of anilines is 2. The zero-order valence-corrected chi connectivity index (χ0v) is 26.3. The second-order valence-electron chi connectivity index (χ2n) is 9.35. The minimum Gasteiger partial charge on any atom is -0.488 e. The lowest BCUT2D eigenvalue weighted by molar-refractivity contribution is 0.303. The minimum absolute atomic E-state index is 0.0344. The first-order valence-corrected chi connectivity index (χ1v) is 16.5. The Balaban J connectivity index is 1.37. The van der Waals surface area contributed by atoms with Gasteiger partial charge in [-0.25, -0.2) is 27.8 Å². The largest absolute Gasteiger partial charge is 0.488 e. The molecule has 3 heterocycles. The van der Waals surface area contributed by atoms with Gasteiger partial charge in [0.1, 0.15) is 35.3 Å². The molecule has 2 aromatic carbocycles. The van der Waals surface area contributed by atoms with Gasteiger partial charge in [-0.05, 0) is 71.7 Å². The number of thiazole rings is 1. The number of aromatic nitrogens is 4. The monoisotopic (exact) mass is 670 g/mol. The molecule has 1 unspecified atom stereocenters. The summed E-state index contributed by atoms with van der Waals surface area (Å²) in [6.45, 7) is 5.91. The summed E-state index contributed by atoms with van der Waals surface area (Å²) in [5.74, 6) is 0.928. The van der Waals surface area contributed by atoms with Crippen LogP contribution in [0.2, 0.25) is 0 Å². The zero-order valence-electron chi connectivity index (χ0n) is 23.1. The summed E-state index contributed by atoms with van der Waals surface area (Å²) in [5, 5.41) is 6.66. The molecule has 0 aliphatic carbocycles. The molecule has 13 heteroatoms. The number of halogens is 2. The lowest BCUT2D eigenvalue weighted by Gasteiger charge is -2.25. The zero-order chi connectivity index (χ0) is 29.9. The van der Waals surface area contributed by atoms with Gasteiger partial charge in [0.2, 0.25) is 10.0 Å². The fourth-order valence-corrected chi connectivity index (χ4v) is 7.16. The molecule has 1 atom stereocenters. The molecule has 5 aromatic rings. The molecule has 0 aliphatic rings. The molecule has 0 saturated heterocycles. The van der Waals surface area contributed by atoms with E-state index < -0.39 is 10.0 Å². The number of ether oxygens (including phenoxy) is 1. The van der Waals surface area contributed by atoms with Crippen molar-refractivity contribution in [3.63, 3.8) is 0 Å². The summed E-state index contributed by atoms with van der Waals surface area (Å²) >= 11 is 4.96. The van der Waals surface area contributed by atoms with Crippen molar-refractivity contribution in [3.05, 3.63) is 87.3 Å². The number of hydrogen-bond donors (Lipinski definition) is 1. The van der Waals surface area contributed by atoms with Crippen LogP contribution in [0.15, 0.2) is 70.9 Å². The van der Waals surface area contributed by atoms with Gasteiger partial charge in [0.15, 0.2) is 0 Å². The van der Waals surface area contributed by atoms with E-state index in [1.807, 2.05) is 43.5 Å². The van der Waals surface area contributed by atoms with Gasteiger partial charge in [0.05, 0.1) is 39.4 Å². The second kappa shape index (κ2) is 12.8. The fourth-order valence-electron chi connectivity index (χ4n) is 4.42. The fraction of sp³-hybridized carbons (Fsp3) is 0.241. The average Bonchev–Trinajstić information content (AvgIpc) is 3.48. The molecule has 0 saturated carbocycles. The van der Waals surface area contributed by atoms with Crippen molar-refractivity contribution >= 4 is 59.7 Å². The molecular formula is C29H28BrFN6O3S2. The molecule has 3 aromatic heterocycles. The van der Waals surface area contributed by atoms with Gasteiger partial charge in [-0.2, -0.15) is 4.31 Å². The van der Waals surface area contributed by atoms with Gasteiger partial charge in [0, 0.05) is 23.0 Å². The molecule has 5 rings (SSSR count). The Morgan fingerprint density at radius 1 is 1.10 bits per heavy atom. The maximum Gasteiger partial charge on any atom is 0.214 e. The van der Waals surface area contributed by atoms with Crippen LogP contribution < -0.4 is 10.1 Å². The molecule has 42 heavy (non-hydrogen) atoms. The molecule has 0 spiro atoms. The molecule has 0 bridgehead atoms. The van der Waals surface area contributed by atoms with Crippen LogP contribution in [0.1, 0.15) is 37.4 Å². The van der Waals surface area contributed by atoms with Crippen molar-refractivity contribution in [1.29, 1.82) is 0 Å². The van der Waals surface area contributed by atoms with E-state index in [-0.39, 0.29) is 24.2 Å². The Kier molecular flexibility index (Phi) is 9.11. The Hall–Kier alpha value is -3.52. The first-order valence-electron chi connectivity index (χ1n) is 13.2. The van der Waals surface area contributed by atoms with Crippen LogP contribution in [0.5, 0.6) is 5.75 Å². The number of nitrogens with one attached hydrogen (secondary N) is 1.